The number of fused-ring (bicyclic) bond motifs is 1. The maximum Gasteiger partial charge on any atom is 0.251 e. The van der Waals surface area contributed by atoms with Crippen LogP contribution >= 0.6 is 0 Å². The zero-order chi connectivity index (χ0) is 22.2. The number of rotatable bonds is 3. The Bertz CT molecular complexity index is 1200. The lowest BCUT2D eigenvalue weighted by Crippen LogP contribution is -2.43. The van der Waals surface area contributed by atoms with Crippen molar-refractivity contribution in [3.8, 4) is 22.5 Å². The van der Waals surface area contributed by atoms with Crippen LogP contribution in [0.25, 0.3) is 22.5 Å². The molecular weight excluding hydrogens is 409 g/mol. The number of nitrogens with two attached hydrogens (primary N) is 1. The quantitative estimate of drug-likeness (QED) is 0.660. The van der Waals surface area contributed by atoms with E-state index in [1.165, 1.54) is 12.3 Å². The van der Waals surface area contributed by atoms with Crippen molar-refractivity contribution in [2.75, 3.05) is 36.9 Å². The summed E-state index contributed by atoms with van der Waals surface area (Å²) >= 11 is 0. The molecule has 1 unspecified atom stereocenters. The second-order valence-electron chi connectivity index (χ2n) is 8.15. The number of nitrogens with one attached hydrogen (secondary N) is 1. The molecule has 1 amide bonds. The molecule has 2 aliphatic rings. The summed E-state index contributed by atoms with van der Waals surface area (Å²) in [6, 6.07) is 10.8. The lowest BCUT2D eigenvalue weighted by atomic mass is 9.96. The second kappa shape index (κ2) is 8.20. The normalized spacial score (nSPS) is 18.2. The number of hydrogen-bond acceptors (Lipinski definition) is 6. The first-order valence-corrected chi connectivity index (χ1v) is 10.7. The van der Waals surface area contributed by atoms with Crippen LogP contribution in [0.1, 0.15) is 22.8 Å². The molecule has 7 nitrogen and oxygen atoms in total. The largest absolute Gasteiger partial charge is 0.382 e. The minimum absolute atomic E-state index is 0.0812. The first-order chi connectivity index (χ1) is 15.5. The van der Waals surface area contributed by atoms with Crippen molar-refractivity contribution in [1.82, 2.24) is 15.3 Å². The predicted molar refractivity (Wildman–Crippen MR) is 121 cm³/mol. The van der Waals surface area contributed by atoms with Gasteiger partial charge in [-0.05, 0) is 49.2 Å². The van der Waals surface area contributed by atoms with Gasteiger partial charge in [0.15, 0.2) is 0 Å². The summed E-state index contributed by atoms with van der Waals surface area (Å²) in [6.07, 6.45) is 2.22. The number of ether oxygens (including phenoxy) is 1. The summed E-state index contributed by atoms with van der Waals surface area (Å²) in [6.45, 7) is 4.63. The Morgan fingerprint density at radius 3 is 2.88 bits per heavy atom. The Hall–Kier alpha value is -3.52. The topological polar surface area (TPSA) is 93.4 Å². The highest BCUT2D eigenvalue weighted by Crippen LogP contribution is 2.31. The molecular formula is C24H24FN5O2. The zero-order valence-corrected chi connectivity index (χ0v) is 17.8. The number of benzene rings is 2. The van der Waals surface area contributed by atoms with Gasteiger partial charge in [-0.15, -0.1) is 0 Å². The van der Waals surface area contributed by atoms with E-state index in [9.17, 15) is 4.79 Å². The van der Waals surface area contributed by atoms with Gasteiger partial charge in [0.25, 0.3) is 5.91 Å². The maximum absolute atomic E-state index is 15.1. The highest BCUT2D eigenvalue weighted by molar-refractivity contribution is 5.97. The monoisotopic (exact) mass is 433 g/mol. The molecule has 1 fully saturated rings. The summed E-state index contributed by atoms with van der Waals surface area (Å²) in [5.74, 6) is -0.191. The van der Waals surface area contributed by atoms with Gasteiger partial charge in [-0.3, -0.25) is 4.79 Å². The fraction of sp³-hybridized carbons (Fsp3) is 0.292. The van der Waals surface area contributed by atoms with Crippen LogP contribution in [0.2, 0.25) is 0 Å². The Morgan fingerprint density at radius 1 is 1.22 bits per heavy atom. The van der Waals surface area contributed by atoms with Gasteiger partial charge in [0.2, 0.25) is 0 Å². The van der Waals surface area contributed by atoms with Crippen LogP contribution in [0.3, 0.4) is 0 Å². The Kier molecular flexibility index (Phi) is 5.22. The number of anilines is 2. The number of amides is 1. The summed E-state index contributed by atoms with van der Waals surface area (Å²) in [5, 5.41) is 2.83. The zero-order valence-electron chi connectivity index (χ0n) is 17.8. The second-order valence-corrected chi connectivity index (χ2v) is 8.15. The average Bonchev–Trinajstić information content (AvgIpc) is 2.80. The number of halogens is 1. The number of hydrogen-bond donors (Lipinski definition) is 2. The maximum atomic E-state index is 15.1. The Morgan fingerprint density at radius 2 is 2.06 bits per heavy atom. The third kappa shape index (κ3) is 3.67. The van der Waals surface area contributed by atoms with Gasteiger partial charge in [-0.2, -0.15) is 0 Å². The molecule has 3 aromatic rings. The van der Waals surface area contributed by atoms with Gasteiger partial charge < -0.3 is 20.7 Å². The number of aromatic nitrogens is 2. The van der Waals surface area contributed by atoms with Gasteiger partial charge in [0.1, 0.15) is 17.3 Å². The lowest BCUT2D eigenvalue weighted by molar-refractivity contribution is 0.0946. The molecule has 32 heavy (non-hydrogen) atoms. The van der Waals surface area contributed by atoms with Gasteiger partial charge in [0, 0.05) is 41.5 Å². The summed E-state index contributed by atoms with van der Waals surface area (Å²) in [7, 11) is 0. The van der Waals surface area contributed by atoms with Crippen molar-refractivity contribution >= 4 is 17.4 Å². The van der Waals surface area contributed by atoms with E-state index in [-0.39, 0.29) is 23.6 Å². The fourth-order valence-corrected chi connectivity index (χ4v) is 4.32. The number of carbonyl (C=O) groups excluding carboxylic acids is 1. The smallest absolute Gasteiger partial charge is 0.251 e. The minimum Gasteiger partial charge on any atom is -0.382 e. The highest BCUT2D eigenvalue weighted by Gasteiger charge is 2.22. The van der Waals surface area contributed by atoms with Crippen LogP contribution in [0.4, 0.5) is 15.9 Å². The molecule has 164 valence electrons. The molecule has 0 bridgehead atoms. The lowest BCUT2D eigenvalue weighted by Gasteiger charge is -2.35. The molecule has 1 atom stereocenters. The number of carbonyl (C=O) groups is 1. The molecule has 1 saturated heterocycles. The molecule has 0 spiro atoms. The van der Waals surface area contributed by atoms with E-state index in [0.717, 1.165) is 29.8 Å². The van der Waals surface area contributed by atoms with E-state index in [2.05, 4.69) is 27.1 Å². The number of nitrogens with zero attached hydrogens (tertiary/aromatic N) is 3. The third-order valence-corrected chi connectivity index (χ3v) is 6.03. The van der Waals surface area contributed by atoms with Crippen LogP contribution < -0.4 is 16.0 Å². The summed E-state index contributed by atoms with van der Waals surface area (Å²) in [4.78, 5) is 23.1. The van der Waals surface area contributed by atoms with Crippen molar-refractivity contribution in [3.63, 3.8) is 0 Å². The van der Waals surface area contributed by atoms with Crippen molar-refractivity contribution in [1.29, 1.82) is 0 Å². The molecule has 3 heterocycles. The number of morpholine rings is 1. The first-order valence-electron chi connectivity index (χ1n) is 10.7. The van der Waals surface area contributed by atoms with Crippen LogP contribution in [0.15, 0.2) is 42.6 Å². The van der Waals surface area contributed by atoms with Crippen LogP contribution in [-0.4, -0.2) is 48.2 Å². The van der Waals surface area contributed by atoms with Crippen LogP contribution in [0, 0.1) is 5.82 Å². The van der Waals surface area contributed by atoms with Crippen LogP contribution in [-0.2, 0) is 11.2 Å². The molecule has 2 aliphatic heterocycles. The minimum atomic E-state index is -0.367. The van der Waals surface area contributed by atoms with E-state index in [4.69, 9.17) is 10.5 Å². The standard InChI is InChI=1S/C24H24FN5O2/c1-14-13-32-9-8-30(14)17-3-5-19(20(25)11-17)21-12-28-23(26)22(29-21)16-2-4-18-15(10-16)6-7-27-24(18)31/h2-5,10-12,14H,6-9,13H2,1H3,(H2,26,28)(H,27,31). The van der Waals surface area contributed by atoms with E-state index < -0.39 is 0 Å². The SMILES string of the molecule is CC1COCCN1c1ccc(-c2cnc(N)c(-c3ccc4c(c3)CCNC4=O)n2)c(F)c1. The molecule has 0 radical (unpaired) electrons. The van der Waals surface area contributed by atoms with Crippen molar-refractivity contribution in [2.24, 2.45) is 0 Å². The first kappa shape index (κ1) is 20.4. The van der Waals surface area contributed by atoms with Crippen molar-refractivity contribution in [3.05, 3.63) is 59.5 Å². The van der Waals surface area contributed by atoms with Crippen LogP contribution in [0.5, 0.6) is 0 Å². The number of nitrogen functional groups attached to an aromatic ring is 1. The van der Waals surface area contributed by atoms with Crippen molar-refractivity contribution < 1.29 is 13.9 Å². The van der Waals surface area contributed by atoms with E-state index in [1.54, 1.807) is 18.2 Å². The molecule has 0 saturated carbocycles. The Labute approximate surface area is 185 Å². The third-order valence-electron chi connectivity index (χ3n) is 6.03. The Balaban J connectivity index is 1.50. The average molecular weight is 433 g/mol. The van der Waals surface area contributed by atoms with E-state index in [1.807, 2.05) is 12.1 Å². The fourth-order valence-electron chi connectivity index (χ4n) is 4.32. The highest BCUT2D eigenvalue weighted by atomic mass is 19.1. The predicted octanol–water partition coefficient (Wildman–Crippen LogP) is 3.04. The van der Waals surface area contributed by atoms with Gasteiger partial charge >= 0.3 is 0 Å². The molecule has 0 aliphatic carbocycles. The summed E-state index contributed by atoms with van der Waals surface area (Å²) < 4.78 is 20.6. The molecule has 3 N–H and O–H groups in total. The summed E-state index contributed by atoms with van der Waals surface area (Å²) in [5.41, 5.74) is 10.5. The van der Waals surface area contributed by atoms with E-state index >= 15 is 4.39 Å². The van der Waals surface area contributed by atoms with Gasteiger partial charge in [-0.25, -0.2) is 14.4 Å². The molecule has 5 rings (SSSR count). The van der Waals surface area contributed by atoms with Gasteiger partial charge in [-0.1, -0.05) is 6.07 Å². The van der Waals surface area contributed by atoms with E-state index in [0.29, 0.717) is 42.3 Å². The molecule has 2 aromatic carbocycles. The molecule has 1 aromatic heterocycles. The van der Waals surface area contributed by atoms with Gasteiger partial charge in [0.05, 0.1) is 25.1 Å². The molecule has 8 heteroatoms. The van der Waals surface area contributed by atoms with Crippen molar-refractivity contribution in [2.45, 2.75) is 19.4 Å².